The van der Waals surface area contributed by atoms with Crippen LogP contribution in [0.1, 0.15) is 26.5 Å². The van der Waals surface area contributed by atoms with Crippen LogP contribution in [-0.2, 0) is 5.41 Å². The second kappa shape index (κ2) is 4.01. The Bertz CT molecular complexity index is 543. The zero-order chi connectivity index (χ0) is 11.9. The van der Waals surface area contributed by atoms with E-state index in [9.17, 15) is 0 Å². The number of halogens is 2. The van der Waals surface area contributed by atoms with Gasteiger partial charge in [0.05, 0.1) is 0 Å². The summed E-state index contributed by atoms with van der Waals surface area (Å²) in [6.45, 7) is 6.40. The summed E-state index contributed by atoms with van der Waals surface area (Å²) in [5.41, 5.74) is 1.03. The van der Waals surface area contributed by atoms with E-state index >= 15 is 0 Å². The first kappa shape index (κ1) is 11.9. The van der Waals surface area contributed by atoms with E-state index in [2.05, 4.69) is 53.8 Å². The maximum atomic E-state index is 6.19. The van der Waals surface area contributed by atoms with Crippen molar-refractivity contribution < 1.29 is 0 Å². The molecule has 16 heavy (non-hydrogen) atoms. The Labute approximate surface area is 109 Å². The number of nitrogens with zero attached hydrogens (tertiary/aromatic N) is 1. The predicted molar refractivity (Wildman–Crippen MR) is 73.2 cm³/mol. The fraction of sp³-hybridized carbons (Fsp3) is 0.308. The van der Waals surface area contributed by atoms with Gasteiger partial charge in [-0.2, -0.15) is 0 Å². The summed E-state index contributed by atoms with van der Waals surface area (Å²) in [5.74, 6) is 0. The number of aromatic nitrogens is 1. The zero-order valence-corrected chi connectivity index (χ0v) is 11.9. The SMILES string of the molecule is CC(C)(C)c1cc2cc(Br)ccc2c(Cl)n1. The van der Waals surface area contributed by atoms with E-state index in [4.69, 9.17) is 11.6 Å². The molecule has 1 heterocycles. The average molecular weight is 299 g/mol. The first-order valence-corrected chi connectivity index (χ1v) is 6.31. The highest BCUT2D eigenvalue weighted by Gasteiger charge is 2.17. The van der Waals surface area contributed by atoms with Gasteiger partial charge in [-0.25, -0.2) is 4.98 Å². The molecule has 0 atom stereocenters. The molecule has 2 aromatic rings. The minimum atomic E-state index is 0.0140. The second-order valence-corrected chi connectivity index (χ2v) is 6.19. The quantitative estimate of drug-likeness (QED) is 0.627. The molecule has 0 N–H and O–H groups in total. The summed E-state index contributed by atoms with van der Waals surface area (Å²) >= 11 is 9.66. The molecular formula is C13H13BrClN. The fourth-order valence-electron chi connectivity index (χ4n) is 1.57. The minimum Gasteiger partial charge on any atom is -0.240 e. The monoisotopic (exact) mass is 297 g/mol. The van der Waals surface area contributed by atoms with E-state index in [0.717, 1.165) is 20.9 Å². The highest BCUT2D eigenvalue weighted by Crippen LogP contribution is 2.30. The highest BCUT2D eigenvalue weighted by molar-refractivity contribution is 9.10. The summed E-state index contributed by atoms with van der Waals surface area (Å²) in [7, 11) is 0. The van der Waals surface area contributed by atoms with Crippen LogP contribution in [0.25, 0.3) is 10.8 Å². The Morgan fingerprint density at radius 1 is 1.19 bits per heavy atom. The van der Waals surface area contributed by atoms with E-state index in [-0.39, 0.29) is 5.41 Å². The van der Waals surface area contributed by atoms with Gasteiger partial charge in [0.1, 0.15) is 5.15 Å². The summed E-state index contributed by atoms with van der Waals surface area (Å²) in [6.07, 6.45) is 0. The second-order valence-electron chi connectivity index (χ2n) is 4.91. The van der Waals surface area contributed by atoms with Crippen LogP contribution in [0.3, 0.4) is 0 Å². The number of fused-ring (bicyclic) bond motifs is 1. The molecule has 0 spiro atoms. The van der Waals surface area contributed by atoms with Crippen LogP contribution in [-0.4, -0.2) is 4.98 Å². The van der Waals surface area contributed by atoms with Crippen LogP contribution in [0.5, 0.6) is 0 Å². The maximum Gasteiger partial charge on any atom is 0.137 e. The molecule has 0 saturated heterocycles. The third-order valence-corrected chi connectivity index (χ3v) is 3.30. The highest BCUT2D eigenvalue weighted by atomic mass is 79.9. The van der Waals surface area contributed by atoms with Crippen molar-refractivity contribution in [2.24, 2.45) is 0 Å². The molecule has 1 aromatic carbocycles. The molecule has 84 valence electrons. The van der Waals surface area contributed by atoms with Crippen molar-refractivity contribution in [3.8, 4) is 0 Å². The van der Waals surface area contributed by atoms with E-state index in [1.165, 1.54) is 0 Å². The number of hydrogen-bond acceptors (Lipinski definition) is 1. The van der Waals surface area contributed by atoms with Crippen molar-refractivity contribution in [2.45, 2.75) is 26.2 Å². The maximum absolute atomic E-state index is 6.19. The van der Waals surface area contributed by atoms with Gasteiger partial charge >= 0.3 is 0 Å². The van der Waals surface area contributed by atoms with Gasteiger partial charge in [0.15, 0.2) is 0 Å². The molecule has 0 bridgehead atoms. The number of rotatable bonds is 0. The standard InChI is InChI=1S/C13H13BrClN/c1-13(2,3)11-7-8-6-9(14)4-5-10(8)12(15)16-11/h4-7H,1-3H3. The van der Waals surface area contributed by atoms with Gasteiger partial charge in [0.25, 0.3) is 0 Å². The molecule has 0 saturated carbocycles. The zero-order valence-electron chi connectivity index (χ0n) is 9.51. The van der Waals surface area contributed by atoms with Crippen LogP contribution in [0.4, 0.5) is 0 Å². The molecule has 1 nitrogen and oxygen atoms in total. The van der Waals surface area contributed by atoms with Crippen molar-refractivity contribution in [1.29, 1.82) is 0 Å². The molecular weight excluding hydrogens is 286 g/mol. The van der Waals surface area contributed by atoms with Gasteiger partial charge in [0, 0.05) is 21.0 Å². The summed E-state index contributed by atoms with van der Waals surface area (Å²) in [5, 5.41) is 2.70. The Kier molecular flexibility index (Phi) is 2.97. The molecule has 0 fully saturated rings. The number of benzene rings is 1. The molecule has 3 heteroatoms. The van der Waals surface area contributed by atoms with Gasteiger partial charge in [-0.1, -0.05) is 54.4 Å². The van der Waals surface area contributed by atoms with Crippen LogP contribution in [0.2, 0.25) is 5.15 Å². The third-order valence-electron chi connectivity index (χ3n) is 2.52. The first-order chi connectivity index (χ1) is 7.38. The first-order valence-electron chi connectivity index (χ1n) is 5.14. The van der Waals surface area contributed by atoms with Gasteiger partial charge < -0.3 is 0 Å². The molecule has 0 aliphatic carbocycles. The van der Waals surface area contributed by atoms with Crippen LogP contribution in [0.15, 0.2) is 28.7 Å². The largest absolute Gasteiger partial charge is 0.240 e. The van der Waals surface area contributed by atoms with E-state index in [1.807, 2.05) is 12.1 Å². The van der Waals surface area contributed by atoms with Crippen molar-refractivity contribution in [2.75, 3.05) is 0 Å². The molecule has 0 radical (unpaired) electrons. The lowest BCUT2D eigenvalue weighted by Crippen LogP contribution is -2.13. The van der Waals surface area contributed by atoms with Crippen molar-refractivity contribution in [3.05, 3.63) is 39.6 Å². The summed E-state index contributed by atoms with van der Waals surface area (Å²) in [6, 6.07) is 8.14. The van der Waals surface area contributed by atoms with Gasteiger partial charge in [0.2, 0.25) is 0 Å². The van der Waals surface area contributed by atoms with Gasteiger partial charge in [-0.05, 0) is 23.6 Å². The minimum absolute atomic E-state index is 0.0140. The Morgan fingerprint density at radius 2 is 1.88 bits per heavy atom. The lowest BCUT2D eigenvalue weighted by atomic mass is 9.91. The smallest absolute Gasteiger partial charge is 0.137 e. The van der Waals surface area contributed by atoms with Crippen molar-refractivity contribution in [3.63, 3.8) is 0 Å². The van der Waals surface area contributed by atoms with Gasteiger partial charge in [-0.3, -0.25) is 0 Å². The topological polar surface area (TPSA) is 12.9 Å². The Hall–Kier alpha value is -0.600. The molecule has 0 amide bonds. The van der Waals surface area contributed by atoms with Gasteiger partial charge in [-0.15, -0.1) is 0 Å². The fourth-order valence-corrected chi connectivity index (χ4v) is 2.21. The Balaban J connectivity index is 2.75. The Morgan fingerprint density at radius 3 is 2.50 bits per heavy atom. The summed E-state index contributed by atoms with van der Waals surface area (Å²) < 4.78 is 1.06. The predicted octanol–water partition coefficient (Wildman–Crippen LogP) is 4.95. The number of pyridine rings is 1. The van der Waals surface area contributed by atoms with Crippen molar-refractivity contribution in [1.82, 2.24) is 4.98 Å². The molecule has 0 unspecified atom stereocenters. The molecule has 2 rings (SSSR count). The van der Waals surface area contributed by atoms with Crippen LogP contribution < -0.4 is 0 Å². The van der Waals surface area contributed by atoms with E-state index in [0.29, 0.717) is 5.15 Å². The normalized spacial score (nSPS) is 12.1. The number of hydrogen-bond donors (Lipinski definition) is 0. The van der Waals surface area contributed by atoms with E-state index < -0.39 is 0 Å². The summed E-state index contributed by atoms with van der Waals surface area (Å²) in [4.78, 5) is 4.45. The van der Waals surface area contributed by atoms with E-state index in [1.54, 1.807) is 0 Å². The molecule has 0 aliphatic rings. The molecule has 1 aromatic heterocycles. The lowest BCUT2D eigenvalue weighted by molar-refractivity contribution is 0.570. The lowest BCUT2D eigenvalue weighted by Gasteiger charge is -2.18. The van der Waals surface area contributed by atoms with Crippen LogP contribution in [0, 0.1) is 0 Å². The van der Waals surface area contributed by atoms with Crippen molar-refractivity contribution >= 4 is 38.3 Å². The third kappa shape index (κ3) is 2.23. The molecule has 0 aliphatic heterocycles. The van der Waals surface area contributed by atoms with Crippen LogP contribution >= 0.6 is 27.5 Å². The average Bonchev–Trinajstić information content (AvgIpc) is 2.15.